The van der Waals surface area contributed by atoms with Gasteiger partial charge in [0.1, 0.15) is 10.1 Å². The number of anilines is 1. The average Bonchev–Trinajstić information content (AvgIpc) is 2.93. The fourth-order valence-electron chi connectivity index (χ4n) is 2.56. The lowest BCUT2D eigenvalue weighted by Crippen LogP contribution is -2.29. The Bertz CT molecular complexity index is 930. The Balaban J connectivity index is 1.52. The van der Waals surface area contributed by atoms with Crippen molar-refractivity contribution in [1.82, 2.24) is 4.90 Å². The lowest BCUT2D eigenvalue weighted by molar-refractivity contribution is -0.122. The summed E-state index contributed by atoms with van der Waals surface area (Å²) in [5.41, 5.74) is 1.46. The van der Waals surface area contributed by atoms with Gasteiger partial charge in [0.25, 0.3) is 5.91 Å². The number of benzene rings is 2. The van der Waals surface area contributed by atoms with E-state index in [1.165, 1.54) is 40.9 Å². The first kappa shape index (κ1) is 20.7. The van der Waals surface area contributed by atoms with Gasteiger partial charge in [0.05, 0.1) is 4.91 Å². The summed E-state index contributed by atoms with van der Waals surface area (Å²) >= 11 is 9.96. The summed E-state index contributed by atoms with van der Waals surface area (Å²) in [6.45, 7) is 0.374. The molecule has 1 saturated heterocycles. The van der Waals surface area contributed by atoms with Crippen molar-refractivity contribution in [3.8, 4) is 0 Å². The molecule has 3 rings (SSSR count). The molecule has 0 atom stereocenters. The second kappa shape index (κ2) is 9.45. The van der Waals surface area contributed by atoms with Gasteiger partial charge in [0, 0.05) is 23.1 Å². The third-order valence-electron chi connectivity index (χ3n) is 3.95. The van der Waals surface area contributed by atoms with E-state index in [2.05, 4.69) is 21.2 Å². The van der Waals surface area contributed by atoms with Crippen LogP contribution in [0.3, 0.4) is 0 Å². The minimum Gasteiger partial charge on any atom is -0.326 e. The van der Waals surface area contributed by atoms with Crippen LogP contribution in [0.4, 0.5) is 10.1 Å². The Labute approximate surface area is 180 Å². The van der Waals surface area contributed by atoms with Crippen LogP contribution < -0.4 is 5.32 Å². The minimum atomic E-state index is -0.358. The van der Waals surface area contributed by atoms with Gasteiger partial charge < -0.3 is 5.32 Å². The smallest absolute Gasteiger partial charge is 0.266 e. The Kier molecular flexibility index (Phi) is 6.98. The van der Waals surface area contributed by atoms with Crippen molar-refractivity contribution < 1.29 is 14.0 Å². The number of nitrogens with one attached hydrogen (secondary N) is 1. The molecular weight excluding hydrogens is 463 g/mol. The monoisotopic (exact) mass is 478 g/mol. The van der Waals surface area contributed by atoms with E-state index >= 15 is 0 Å². The van der Waals surface area contributed by atoms with Crippen LogP contribution in [0.1, 0.15) is 18.4 Å². The predicted molar refractivity (Wildman–Crippen MR) is 118 cm³/mol. The maximum absolute atomic E-state index is 12.9. The average molecular weight is 479 g/mol. The first-order valence-corrected chi connectivity index (χ1v) is 10.5. The minimum absolute atomic E-state index is 0.142. The van der Waals surface area contributed by atoms with Crippen molar-refractivity contribution in [2.24, 2.45) is 0 Å². The Morgan fingerprint density at radius 3 is 2.54 bits per heavy atom. The van der Waals surface area contributed by atoms with Crippen molar-refractivity contribution >= 4 is 67.8 Å². The van der Waals surface area contributed by atoms with Gasteiger partial charge in [-0.25, -0.2) is 4.39 Å². The number of halogens is 2. The van der Waals surface area contributed by atoms with Gasteiger partial charge in [-0.15, -0.1) is 0 Å². The van der Waals surface area contributed by atoms with Crippen molar-refractivity contribution in [3.05, 3.63) is 69.3 Å². The van der Waals surface area contributed by atoms with Gasteiger partial charge in [-0.3, -0.25) is 14.5 Å². The third kappa shape index (κ3) is 5.50. The van der Waals surface area contributed by atoms with E-state index in [4.69, 9.17) is 12.2 Å². The van der Waals surface area contributed by atoms with Crippen LogP contribution in [0.25, 0.3) is 6.08 Å². The van der Waals surface area contributed by atoms with E-state index < -0.39 is 0 Å². The number of hydrogen-bond acceptors (Lipinski definition) is 4. The number of carbonyl (C=O) groups excluding carboxylic acids is 2. The summed E-state index contributed by atoms with van der Waals surface area (Å²) in [5.74, 6) is -0.692. The van der Waals surface area contributed by atoms with Gasteiger partial charge in [-0.2, -0.15) is 0 Å². The number of rotatable bonds is 6. The molecule has 1 N–H and O–H groups in total. The number of thiocarbonyl (C=S) groups is 1. The lowest BCUT2D eigenvalue weighted by Gasteiger charge is -2.14. The van der Waals surface area contributed by atoms with E-state index in [-0.39, 0.29) is 24.1 Å². The quantitative estimate of drug-likeness (QED) is 0.457. The van der Waals surface area contributed by atoms with Crippen LogP contribution in [0.5, 0.6) is 0 Å². The molecule has 28 heavy (non-hydrogen) atoms. The fraction of sp³-hybridized carbons (Fsp3) is 0.150. The highest BCUT2D eigenvalue weighted by atomic mass is 79.9. The SMILES string of the molecule is O=C(CCCN1C(=O)C(=Cc2ccc(Br)cc2)SC1=S)Nc1ccc(F)cc1. The van der Waals surface area contributed by atoms with Crippen LogP contribution in [0.15, 0.2) is 57.9 Å². The van der Waals surface area contributed by atoms with Crippen LogP contribution in [-0.2, 0) is 9.59 Å². The highest BCUT2D eigenvalue weighted by Crippen LogP contribution is 2.32. The summed E-state index contributed by atoms with van der Waals surface area (Å²) < 4.78 is 14.4. The normalized spacial score (nSPS) is 15.4. The summed E-state index contributed by atoms with van der Waals surface area (Å²) in [5, 5.41) is 2.70. The molecule has 0 bridgehead atoms. The number of hydrogen-bond donors (Lipinski definition) is 1. The fourth-order valence-corrected chi connectivity index (χ4v) is 4.13. The van der Waals surface area contributed by atoms with Gasteiger partial charge in [0.2, 0.25) is 5.91 Å². The highest BCUT2D eigenvalue weighted by molar-refractivity contribution is 9.10. The molecule has 0 unspecified atom stereocenters. The van der Waals surface area contributed by atoms with Gasteiger partial charge in [-0.1, -0.05) is 52.0 Å². The molecule has 1 fully saturated rings. The van der Waals surface area contributed by atoms with Gasteiger partial charge >= 0.3 is 0 Å². The Hall–Kier alpha value is -2.03. The molecule has 2 aromatic carbocycles. The molecule has 2 amide bonds. The molecule has 4 nitrogen and oxygen atoms in total. The van der Waals surface area contributed by atoms with Crippen LogP contribution in [0, 0.1) is 5.82 Å². The third-order valence-corrected chi connectivity index (χ3v) is 5.86. The largest absolute Gasteiger partial charge is 0.326 e. The summed E-state index contributed by atoms with van der Waals surface area (Å²) in [4.78, 5) is 26.7. The molecule has 8 heteroatoms. The van der Waals surface area contributed by atoms with Gasteiger partial charge in [-0.05, 0) is 54.5 Å². The molecule has 0 radical (unpaired) electrons. The molecule has 0 aliphatic carbocycles. The number of nitrogens with zero attached hydrogens (tertiary/aromatic N) is 1. The zero-order valence-electron chi connectivity index (χ0n) is 14.7. The molecule has 0 aromatic heterocycles. The molecule has 0 saturated carbocycles. The first-order chi connectivity index (χ1) is 13.4. The zero-order chi connectivity index (χ0) is 20.1. The van der Waals surface area contributed by atoms with Crippen LogP contribution in [-0.4, -0.2) is 27.6 Å². The molecule has 1 aliphatic rings. The predicted octanol–water partition coefficient (Wildman–Crippen LogP) is 5.21. The summed E-state index contributed by atoms with van der Waals surface area (Å²) in [7, 11) is 0. The summed E-state index contributed by atoms with van der Waals surface area (Å²) in [6, 6.07) is 13.2. The number of carbonyl (C=O) groups is 2. The molecular formula is C20H16BrFN2O2S2. The van der Waals surface area contributed by atoms with E-state index in [1.54, 1.807) is 0 Å². The van der Waals surface area contributed by atoms with E-state index in [1.807, 2.05) is 30.3 Å². The van der Waals surface area contributed by atoms with E-state index in [0.717, 1.165) is 10.0 Å². The van der Waals surface area contributed by atoms with Crippen LogP contribution in [0.2, 0.25) is 0 Å². The van der Waals surface area contributed by atoms with Gasteiger partial charge in [0.15, 0.2) is 0 Å². The van der Waals surface area contributed by atoms with Crippen molar-refractivity contribution in [2.75, 3.05) is 11.9 Å². The maximum Gasteiger partial charge on any atom is 0.266 e. The number of amides is 2. The highest BCUT2D eigenvalue weighted by Gasteiger charge is 2.31. The maximum atomic E-state index is 12.9. The van der Waals surface area contributed by atoms with E-state index in [9.17, 15) is 14.0 Å². The standard InChI is InChI=1S/C20H16BrFN2O2S2/c21-14-5-3-13(4-6-14)12-17-19(26)24(20(27)28-17)11-1-2-18(25)23-16-9-7-15(22)8-10-16/h3-10,12H,1-2,11H2,(H,23,25). The molecule has 144 valence electrons. The molecule has 2 aromatic rings. The Morgan fingerprint density at radius 1 is 1.18 bits per heavy atom. The summed E-state index contributed by atoms with van der Waals surface area (Å²) in [6.07, 6.45) is 2.53. The van der Waals surface area contributed by atoms with E-state index in [0.29, 0.717) is 27.9 Å². The second-order valence-electron chi connectivity index (χ2n) is 6.04. The van der Waals surface area contributed by atoms with Crippen molar-refractivity contribution in [1.29, 1.82) is 0 Å². The first-order valence-electron chi connectivity index (χ1n) is 8.49. The topological polar surface area (TPSA) is 49.4 Å². The molecule has 1 aliphatic heterocycles. The van der Waals surface area contributed by atoms with Crippen molar-refractivity contribution in [3.63, 3.8) is 0 Å². The van der Waals surface area contributed by atoms with Crippen LogP contribution >= 0.6 is 39.9 Å². The molecule has 0 spiro atoms. The second-order valence-corrected chi connectivity index (χ2v) is 8.63. The Morgan fingerprint density at radius 2 is 1.86 bits per heavy atom. The number of thioether (sulfide) groups is 1. The van der Waals surface area contributed by atoms with Crippen molar-refractivity contribution in [2.45, 2.75) is 12.8 Å². The molecule has 1 heterocycles. The zero-order valence-corrected chi connectivity index (χ0v) is 17.9. The lowest BCUT2D eigenvalue weighted by atomic mass is 10.2.